The Morgan fingerprint density at radius 2 is 2.20 bits per heavy atom. The highest BCUT2D eigenvalue weighted by molar-refractivity contribution is 7.90. The molecule has 7 nitrogen and oxygen atoms in total. The molecule has 1 amide bonds. The fraction of sp³-hybridized carbons (Fsp3) is 0.333. The van der Waals surface area contributed by atoms with E-state index >= 15 is 0 Å². The smallest absolute Gasteiger partial charge is 0.287 e. The predicted molar refractivity (Wildman–Crippen MR) is 71.1 cm³/mol. The molecule has 0 fully saturated rings. The summed E-state index contributed by atoms with van der Waals surface area (Å²) in [5, 5.41) is 6.50. The van der Waals surface area contributed by atoms with Crippen LogP contribution in [0.15, 0.2) is 34.0 Å². The molecule has 108 valence electrons. The molecule has 2 aromatic heterocycles. The van der Waals surface area contributed by atoms with Crippen molar-refractivity contribution in [1.29, 1.82) is 0 Å². The van der Waals surface area contributed by atoms with Gasteiger partial charge in [0, 0.05) is 19.0 Å². The fourth-order valence-corrected chi connectivity index (χ4v) is 2.16. The molecule has 0 aliphatic rings. The average molecular weight is 297 g/mol. The molecule has 0 saturated heterocycles. The molecule has 2 heterocycles. The number of nitrogens with one attached hydrogen (secondary N) is 1. The lowest BCUT2D eigenvalue weighted by Crippen LogP contribution is -2.27. The molecule has 2 rings (SSSR count). The summed E-state index contributed by atoms with van der Waals surface area (Å²) in [7, 11) is -3.44. The minimum absolute atomic E-state index is 0.0259. The van der Waals surface area contributed by atoms with Crippen LogP contribution in [-0.2, 0) is 16.4 Å². The van der Waals surface area contributed by atoms with Crippen molar-refractivity contribution in [1.82, 2.24) is 15.1 Å². The summed E-state index contributed by atoms with van der Waals surface area (Å²) in [6.45, 7) is 2.83. The Labute approximate surface area is 116 Å². The molecule has 0 aliphatic heterocycles. The second-order valence-corrected chi connectivity index (χ2v) is 6.37. The molecular formula is C12H15N3O4S. The van der Waals surface area contributed by atoms with E-state index in [1.807, 2.05) is 13.1 Å². The van der Waals surface area contributed by atoms with E-state index in [1.165, 1.54) is 12.1 Å². The van der Waals surface area contributed by atoms with E-state index in [2.05, 4.69) is 10.4 Å². The number of sulfone groups is 1. The monoisotopic (exact) mass is 297 g/mol. The van der Waals surface area contributed by atoms with Crippen molar-refractivity contribution in [2.45, 2.75) is 18.6 Å². The Balaban J connectivity index is 1.90. The van der Waals surface area contributed by atoms with Gasteiger partial charge in [0.25, 0.3) is 5.91 Å². The van der Waals surface area contributed by atoms with E-state index in [-0.39, 0.29) is 10.9 Å². The summed E-state index contributed by atoms with van der Waals surface area (Å²) in [6, 6.07) is 2.60. The van der Waals surface area contributed by atoms with E-state index < -0.39 is 15.7 Å². The van der Waals surface area contributed by atoms with Gasteiger partial charge >= 0.3 is 0 Å². The van der Waals surface area contributed by atoms with E-state index in [4.69, 9.17) is 4.42 Å². The molecule has 8 heteroatoms. The molecule has 0 bridgehead atoms. The third-order valence-electron chi connectivity index (χ3n) is 2.56. The van der Waals surface area contributed by atoms with E-state index in [9.17, 15) is 13.2 Å². The van der Waals surface area contributed by atoms with Gasteiger partial charge in [-0.05, 0) is 24.6 Å². The largest absolute Gasteiger partial charge is 0.440 e. The molecule has 0 saturated carbocycles. The highest BCUT2D eigenvalue weighted by Crippen LogP contribution is 2.13. The lowest BCUT2D eigenvalue weighted by molar-refractivity contribution is 0.0919. The second-order valence-electron chi connectivity index (χ2n) is 4.43. The number of hydrogen-bond donors (Lipinski definition) is 1. The third-order valence-corrected chi connectivity index (χ3v) is 3.51. The summed E-state index contributed by atoms with van der Waals surface area (Å²) in [6.07, 6.45) is 4.61. The molecule has 0 aromatic carbocycles. The van der Waals surface area contributed by atoms with Gasteiger partial charge in [-0.15, -0.1) is 0 Å². The Morgan fingerprint density at radius 1 is 1.45 bits per heavy atom. The van der Waals surface area contributed by atoms with Crippen molar-refractivity contribution < 1.29 is 17.6 Å². The molecule has 20 heavy (non-hydrogen) atoms. The summed E-state index contributed by atoms with van der Waals surface area (Å²) >= 11 is 0. The van der Waals surface area contributed by atoms with E-state index in [0.717, 1.165) is 11.8 Å². The van der Waals surface area contributed by atoms with Crippen molar-refractivity contribution in [2.24, 2.45) is 0 Å². The number of rotatable bonds is 5. The van der Waals surface area contributed by atoms with Gasteiger partial charge in [0.1, 0.15) is 0 Å². The zero-order valence-corrected chi connectivity index (χ0v) is 12.0. The van der Waals surface area contributed by atoms with Crippen LogP contribution >= 0.6 is 0 Å². The maximum Gasteiger partial charge on any atom is 0.287 e. The van der Waals surface area contributed by atoms with Crippen LogP contribution in [-0.4, -0.2) is 36.9 Å². The molecule has 2 aromatic rings. The van der Waals surface area contributed by atoms with Crippen LogP contribution in [0.1, 0.15) is 16.1 Å². The quantitative estimate of drug-likeness (QED) is 0.873. The molecule has 1 N–H and O–H groups in total. The van der Waals surface area contributed by atoms with Crippen LogP contribution in [0.2, 0.25) is 0 Å². The Hall–Kier alpha value is -2.09. The second kappa shape index (κ2) is 5.49. The number of hydrogen-bond acceptors (Lipinski definition) is 5. The number of amides is 1. The molecule has 0 atom stereocenters. The van der Waals surface area contributed by atoms with Gasteiger partial charge in [0.05, 0.1) is 12.7 Å². The minimum atomic E-state index is -3.44. The number of carbonyl (C=O) groups excluding carboxylic acids is 1. The lowest BCUT2D eigenvalue weighted by atomic mass is 10.4. The Morgan fingerprint density at radius 3 is 2.75 bits per heavy atom. The number of aromatic nitrogens is 2. The van der Waals surface area contributed by atoms with Crippen LogP contribution < -0.4 is 5.32 Å². The molecule has 0 aliphatic carbocycles. The molecule has 0 spiro atoms. The SMILES string of the molecule is Cc1cnn(CCNC(=O)c2ccc(S(C)(=O)=O)o2)c1. The van der Waals surface area contributed by atoms with Gasteiger partial charge in [0.15, 0.2) is 5.76 Å². The fourth-order valence-electron chi connectivity index (χ4n) is 1.60. The zero-order valence-electron chi connectivity index (χ0n) is 11.2. The first-order chi connectivity index (χ1) is 9.36. The molecule has 0 radical (unpaired) electrons. The van der Waals surface area contributed by atoms with Crippen LogP contribution in [0.5, 0.6) is 0 Å². The minimum Gasteiger partial charge on any atom is -0.440 e. The summed E-state index contributed by atoms with van der Waals surface area (Å²) in [5.74, 6) is -0.481. The van der Waals surface area contributed by atoms with Gasteiger partial charge in [-0.3, -0.25) is 9.48 Å². The standard InChI is InChI=1S/C12H15N3O4S/c1-9-7-14-15(8-9)6-5-13-12(16)10-3-4-11(19-10)20(2,17)18/h3-4,7-8H,5-6H2,1-2H3,(H,13,16). The van der Waals surface area contributed by atoms with Crippen molar-refractivity contribution in [3.8, 4) is 0 Å². The first kappa shape index (κ1) is 14.3. The van der Waals surface area contributed by atoms with E-state index in [1.54, 1.807) is 10.9 Å². The maximum atomic E-state index is 11.8. The van der Waals surface area contributed by atoms with Gasteiger partial charge in [0.2, 0.25) is 14.9 Å². The van der Waals surface area contributed by atoms with Crippen LogP contribution in [0.3, 0.4) is 0 Å². The molecular weight excluding hydrogens is 282 g/mol. The summed E-state index contributed by atoms with van der Waals surface area (Å²) in [5.41, 5.74) is 1.04. The summed E-state index contributed by atoms with van der Waals surface area (Å²) < 4.78 is 29.2. The zero-order chi connectivity index (χ0) is 14.8. The highest BCUT2D eigenvalue weighted by atomic mass is 32.2. The molecule has 0 unspecified atom stereocenters. The Kier molecular flexibility index (Phi) is 3.93. The first-order valence-electron chi connectivity index (χ1n) is 5.93. The number of furan rings is 1. The first-order valence-corrected chi connectivity index (χ1v) is 7.82. The highest BCUT2D eigenvalue weighted by Gasteiger charge is 2.16. The average Bonchev–Trinajstić information content (AvgIpc) is 2.97. The van der Waals surface area contributed by atoms with Gasteiger partial charge in [-0.2, -0.15) is 5.10 Å². The normalized spacial score (nSPS) is 11.5. The van der Waals surface area contributed by atoms with Crippen molar-refractivity contribution in [2.75, 3.05) is 12.8 Å². The third kappa shape index (κ3) is 3.47. The number of carbonyl (C=O) groups is 1. The topological polar surface area (TPSA) is 94.2 Å². The van der Waals surface area contributed by atoms with Gasteiger partial charge in [-0.25, -0.2) is 8.42 Å². The van der Waals surface area contributed by atoms with Gasteiger partial charge < -0.3 is 9.73 Å². The van der Waals surface area contributed by atoms with Crippen LogP contribution in [0.25, 0.3) is 0 Å². The van der Waals surface area contributed by atoms with Crippen molar-refractivity contribution in [3.05, 3.63) is 35.9 Å². The van der Waals surface area contributed by atoms with Crippen molar-refractivity contribution in [3.63, 3.8) is 0 Å². The van der Waals surface area contributed by atoms with Crippen LogP contribution in [0.4, 0.5) is 0 Å². The summed E-state index contributed by atoms with van der Waals surface area (Å²) in [4.78, 5) is 11.8. The van der Waals surface area contributed by atoms with Crippen LogP contribution in [0, 0.1) is 6.92 Å². The number of nitrogens with zero attached hydrogens (tertiary/aromatic N) is 2. The van der Waals surface area contributed by atoms with Gasteiger partial charge in [-0.1, -0.05) is 0 Å². The predicted octanol–water partition coefficient (Wildman–Crippen LogP) is 0.618. The maximum absolute atomic E-state index is 11.8. The van der Waals surface area contributed by atoms with E-state index in [0.29, 0.717) is 13.1 Å². The van der Waals surface area contributed by atoms with Crippen molar-refractivity contribution >= 4 is 15.7 Å². The Bertz CT molecular complexity index is 715. The number of aryl methyl sites for hydroxylation is 1. The lowest BCUT2D eigenvalue weighted by Gasteiger charge is -2.03.